The molecule has 0 aliphatic carbocycles. The maximum atomic E-state index is 13.5. The van der Waals surface area contributed by atoms with E-state index in [4.69, 9.17) is 0 Å². The van der Waals surface area contributed by atoms with Crippen molar-refractivity contribution < 1.29 is 27.5 Å². The van der Waals surface area contributed by atoms with E-state index in [1.165, 1.54) is 31.2 Å². The molecule has 1 heterocycles. The van der Waals surface area contributed by atoms with Crippen LogP contribution < -0.4 is 5.32 Å². The van der Waals surface area contributed by atoms with Crippen LogP contribution in [0, 0.1) is 22.9 Å². The largest absolute Gasteiger partial charge is 0.331 e. The second-order valence-electron chi connectivity index (χ2n) is 7.46. The molecule has 3 rings (SSSR count). The van der Waals surface area contributed by atoms with Gasteiger partial charge in [0.05, 0.1) is 17.0 Å². The average Bonchev–Trinajstić information content (AvgIpc) is 3.03. The number of hydrogen-bond donors (Lipinski definition) is 1. The summed E-state index contributed by atoms with van der Waals surface area (Å²) in [6, 6.07) is 13.9. The number of nitrogens with zero attached hydrogens (tertiary/aromatic N) is 2. The van der Waals surface area contributed by atoms with Crippen LogP contribution in [-0.2, 0) is 25.9 Å². The molecule has 0 aliphatic rings. The van der Waals surface area contributed by atoms with Crippen molar-refractivity contribution in [2.75, 3.05) is 6.26 Å². The molecule has 33 heavy (non-hydrogen) atoms. The van der Waals surface area contributed by atoms with Gasteiger partial charge in [0, 0.05) is 17.6 Å². The average molecular weight is 475 g/mol. The van der Waals surface area contributed by atoms with E-state index in [1.54, 1.807) is 37.3 Å². The normalized spacial score (nSPS) is 12.2. The summed E-state index contributed by atoms with van der Waals surface area (Å²) in [6.45, 7) is 3.13. The van der Waals surface area contributed by atoms with Crippen molar-refractivity contribution in [1.82, 2.24) is 9.88 Å². The third-order valence-corrected chi connectivity index (χ3v) is 6.10. The molecular weight excluding hydrogens is 453 g/mol. The lowest BCUT2D eigenvalue weighted by Gasteiger charge is -2.13. The molecule has 1 N–H and O–H groups in total. The molecule has 0 saturated heterocycles. The minimum atomic E-state index is -3.37. The molecule has 3 aromatic rings. The molecule has 0 radical (unpaired) electrons. The van der Waals surface area contributed by atoms with Crippen LogP contribution >= 0.6 is 0 Å². The fourth-order valence-corrected chi connectivity index (χ4v) is 4.08. The first-order valence-corrected chi connectivity index (χ1v) is 11.7. The Morgan fingerprint density at radius 3 is 2.33 bits per heavy atom. The van der Waals surface area contributed by atoms with Crippen LogP contribution in [0.5, 0.6) is 0 Å². The molecule has 9 nitrogen and oxygen atoms in total. The third-order valence-electron chi connectivity index (χ3n) is 4.97. The second kappa shape index (κ2) is 9.41. The number of carbonyl (C=O) groups excluding carboxylic acids is 1. The standard InChI is InChI=1S/C22H22FN3O6S/c1-14-17(13-22(27)24-15(2)32-26(28)29)12-21(25(14)19-8-6-18(23)7-9-19)16-4-10-20(11-5-16)33(3,30)31/h4-12,15H,13H2,1-3H3,(H,24,27). The molecular formula is C22H22FN3O6S. The lowest BCUT2D eigenvalue weighted by Crippen LogP contribution is -2.36. The Kier molecular flexibility index (Phi) is 6.82. The number of aromatic nitrogens is 1. The molecule has 0 aliphatic heterocycles. The summed E-state index contributed by atoms with van der Waals surface area (Å²) in [4.78, 5) is 27.3. The van der Waals surface area contributed by atoms with Gasteiger partial charge < -0.3 is 9.88 Å². The van der Waals surface area contributed by atoms with Gasteiger partial charge in [-0.1, -0.05) is 12.1 Å². The van der Waals surface area contributed by atoms with Crippen LogP contribution in [0.1, 0.15) is 18.2 Å². The number of hydrogen-bond acceptors (Lipinski definition) is 6. The van der Waals surface area contributed by atoms with E-state index in [1.807, 2.05) is 4.57 Å². The van der Waals surface area contributed by atoms with E-state index in [9.17, 15) is 27.7 Å². The van der Waals surface area contributed by atoms with E-state index in [0.717, 1.165) is 6.26 Å². The third kappa shape index (κ3) is 5.75. The predicted molar refractivity (Wildman–Crippen MR) is 118 cm³/mol. The van der Waals surface area contributed by atoms with Crippen molar-refractivity contribution in [2.24, 2.45) is 0 Å². The first-order valence-electron chi connectivity index (χ1n) is 9.84. The molecule has 174 valence electrons. The highest BCUT2D eigenvalue weighted by Crippen LogP contribution is 2.30. The van der Waals surface area contributed by atoms with Crippen LogP contribution in [0.4, 0.5) is 4.39 Å². The summed E-state index contributed by atoms with van der Waals surface area (Å²) in [5, 5.41) is 11.9. The van der Waals surface area contributed by atoms with Gasteiger partial charge in [0.25, 0.3) is 5.09 Å². The first kappa shape index (κ1) is 23.9. The predicted octanol–water partition coefficient (Wildman–Crippen LogP) is 3.21. The topological polar surface area (TPSA) is 121 Å². The van der Waals surface area contributed by atoms with E-state index in [0.29, 0.717) is 28.2 Å². The minimum absolute atomic E-state index is 0.0835. The van der Waals surface area contributed by atoms with Crippen LogP contribution in [0.2, 0.25) is 0 Å². The molecule has 1 unspecified atom stereocenters. The minimum Gasteiger partial charge on any atom is -0.331 e. The van der Waals surface area contributed by atoms with E-state index >= 15 is 0 Å². The summed E-state index contributed by atoms with van der Waals surface area (Å²) in [5.74, 6) is -0.885. The van der Waals surface area contributed by atoms with Crippen molar-refractivity contribution in [2.45, 2.75) is 31.4 Å². The first-order chi connectivity index (χ1) is 15.5. The van der Waals surface area contributed by atoms with Crippen LogP contribution in [0.15, 0.2) is 59.5 Å². The highest BCUT2D eigenvalue weighted by molar-refractivity contribution is 7.90. The second-order valence-corrected chi connectivity index (χ2v) is 9.48. The van der Waals surface area contributed by atoms with E-state index < -0.39 is 32.9 Å². The molecule has 1 amide bonds. The number of nitrogens with one attached hydrogen (secondary N) is 1. The Balaban J connectivity index is 2.02. The van der Waals surface area contributed by atoms with Gasteiger partial charge in [-0.25, -0.2) is 12.8 Å². The molecule has 1 aromatic heterocycles. The highest BCUT2D eigenvalue weighted by atomic mass is 32.2. The quantitative estimate of drug-likeness (QED) is 0.303. The maximum absolute atomic E-state index is 13.5. The van der Waals surface area contributed by atoms with Crippen molar-refractivity contribution in [1.29, 1.82) is 0 Å². The fraction of sp³-hybridized carbons (Fsp3) is 0.227. The Labute approximate surface area is 189 Å². The summed E-state index contributed by atoms with van der Waals surface area (Å²) in [5.41, 5.74) is 3.32. The molecule has 0 spiro atoms. The molecule has 2 aromatic carbocycles. The SMILES string of the molecule is Cc1c(CC(=O)NC(C)O[N+](=O)[O-])cc(-c2ccc(S(C)(=O)=O)cc2)n1-c1ccc(F)cc1. The zero-order valence-corrected chi connectivity index (χ0v) is 18.9. The van der Waals surface area contributed by atoms with Gasteiger partial charge in [-0.3, -0.25) is 9.63 Å². The Hall–Kier alpha value is -3.73. The molecule has 0 fully saturated rings. The zero-order valence-electron chi connectivity index (χ0n) is 18.1. The van der Waals surface area contributed by atoms with Crippen molar-refractivity contribution >= 4 is 15.7 Å². The van der Waals surface area contributed by atoms with Crippen molar-refractivity contribution in [3.8, 4) is 16.9 Å². The lowest BCUT2D eigenvalue weighted by molar-refractivity contribution is -0.768. The van der Waals surface area contributed by atoms with Crippen molar-refractivity contribution in [3.05, 3.63) is 81.8 Å². The van der Waals surface area contributed by atoms with E-state index in [-0.39, 0.29) is 11.3 Å². The number of amides is 1. The highest BCUT2D eigenvalue weighted by Gasteiger charge is 2.19. The molecule has 0 saturated carbocycles. The monoisotopic (exact) mass is 475 g/mol. The van der Waals surface area contributed by atoms with Gasteiger partial charge in [-0.05, 0) is 67.4 Å². The fourth-order valence-electron chi connectivity index (χ4n) is 3.45. The Bertz CT molecular complexity index is 1280. The summed E-state index contributed by atoms with van der Waals surface area (Å²) >= 11 is 0. The van der Waals surface area contributed by atoms with Gasteiger partial charge in [-0.2, -0.15) is 0 Å². The lowest BCUT2D eigenvalue weighted by atomic mass is 10.1. The summed E-state index contributed by atoms with van der Waals surface area (Å²) in [7, 11) is -3.37. The van der Waals surface area contributed by atoms with Crippen LogP contribution in [0.3, 0.4) is 0 Å². The smallest absolute Gasteiger partial charge is 0.296 e. The van der Waals surface area contributed by atoms with E-state index in [2.05, 4.69) is 10.2 Å². The number of halogens is 1. The summed E-state index contributed by atoms with van der Waals surface area (Å²) in [6.07, 6.45) is -0.0804. The molecule has 0 bridgehead atoms. The number of carbonyl (C=O) groups is 1. The number of benzene rings is 2. The van der Waals surface area contributed by atoms with Gasteiger partial charge in [0.1, 0.15) is 5.82 Å². The summed E-state index contributed by atoms with van der Waals surface area (Å²) < 4.78 is 38.9. The van der Waals surface area contributed by atoms with Crippen molar-refractivity contribution in [3.63, 3.8) is 0 Å². The maximum Gasteiger partial charge on any atom is 0.296 e. The van der Waals surface area contributed by atoms with Crippen LogP contribution in [-0.4, -0.2) is 36.5 Å². The van der Waals surface area contributed by atoms with Gasteiger partial charge >= 0.3 is 0 Å². The molecule has 1 atom stereocenters. The number of rotatable bonds is 8. The Morgan fingerprint density at radius 1 is 1.18 bits per heavy atom. The zero-order chi connectivity index (χ0) is 24.3. The molecule has 11 heteroatoms. The van der Waals surface area contributed by atoms with Gasteiger partial charge in [0.2, 0.25) is 5.91 Å². The Morgan fingerprint density at radius 2 is 1.79 bits per heavy atom. The van der Waals surface area contributed by atoms with Gasteiger partial charge in [-0.15, -0.1) is 10.1 Å². The van der Waals surface area contributed by atoms with Crippen LogP contribution in [0.25, 0.3) is 16.9 Å². The number of sulfone groups is 1. The van der Waals surface area contributed by atoms with Gasteiger partial charge in [0.15, 0.2) is 16.1 Å².